The van der Waals surface area contributed by atoms with E-state index in [9.17, 15) is 0 Å². The summed E-state index contributed by atoms with van der Waals surface area (Å²) < 4.78 is 0. The van der Waals surface area contributed by atoms with Gasteiger partial charge in [-0.25, -0.2) is 0 Å². The monoisotopic (exact) mass is 308 g/mol. The van der Waals surface area contributed by atoms with Crippen LogP contribution in [-0.2, 0) is 0 Å². The van der Waals surface area contributed by atoms with Crippen LogP contribution in [0.3, 0.4) is 0 Å². The molecule has 4 heteroatoms. The predicted octanol–water partition coefficient (Wildman–Crippen LogP) is 2.81. The highest BCUT2D eigenvalue weighted by Gasteiger charge is 2.29. The van der Waals surface area contributed by atoms with Gasteiger partial charge in [0.05, 0.1) is 0 Å². The zero-order chi connectivity index (χ0) is 15.8. The van der Waals surface area contributed by atoms with Crippen molar-refractivity contribution in [1.82, 2.24) is 15.1 Å². The maximum atomic E-state index is 4.50. The highest BCUT2D eigenvalue weighted by molar-refractivity contribution is 5.80. The van der Waals surface area contributed by atoms with Gasteiger partial charge in [0.25, 0.3) is 0 Å². The van der Waals surface area contributed by atoms with E-state index in [2.05, 4.69) is 34.0 Å². The number of aliphatic imine (C=N–C) groups is 1. The van der Waals surface area contributed by atoms with Crippen LogP contribution >= 0.6 is 0 Å². The Bertz CT molecular complexity index is 332. The van der Waals surface area contributed by atoms with Gasteiger partial charge in [0.1, 0.15) is 0 Å². The Morgan fingerprint density at radius 3 is 2.55 bits per heavy atom. The third-order valence-corrected chi connectivity index (χ3v) is 5.58. The highest BCUT2D eigenvalue weighted by atomic mass is 15.3. The lowest BCUT2D eigenvalue weighted by Gasteiger charge is -2.24. The van der Waals surface area contributed by atoms with Crippen LogP contribution in [-0.4, -0.2) is 62.1 Å². The Morgan fingerprint density at radius 2 is 1.91 bits per heavy atom. The third-order valence-electron chi connectivity index (χ3n) is 5.58. The van der Waals surface area contributed by atoms with Crippen LogP contribution in [0.5, 0.6) is 0 Å². The van der Waals surface area contributed by atoms with Crippen molar-refractivity contribution in [1.29, 1.82) is 0 Å². The van der Waals surface area contributed by atoms with Crippen molar-refractivity contribution < 1.29 is 0 Å². The third kappa shape index (κ3) is 4.87. The van der Waals surface area contributed by atoms with E-state index in [1.165, 1.54) is 71.2 Å². The minimum Gasteiger partial charge on any atom is -0.356 e. The van der Waals surface area contributed by atoms with Crippen molar-refractivity contribution in [3.8, 4) is 0 Å². The molecule has 0 saturated carbocycles. The molecule has 1 unspecified atom stereocenters. The topological polar surface area (TPSA) is 30.9 Å². The first-order valence-electron chi connectivity index (χ1n) is 9.46. The number of guanidine groups is 1. The van der Waals surface area contributed by atoms with Gasteiger partial charge >= 0.3 is 0 Å². The highest BCUT2D eigenvalue weighted by Crippen LogP contribution is 2.28. The van der Waals surface area contributed by atoms with E-state index in [0.29, 0.717) is 0 Å². The Hall–Kier alpha value is -0.770. The average Bonchev–Trinajstić information content (AvgIpc) is 3.21. The number of nitrogens with zero attached hydrogens (tertiary/aromatic N) is 3. The van der Waals surface area contributed by atoms with Gasteiger partial charge in [-0.3, -0.25) is 4.99 Å². The molecule has 22 heavy (non-hydrogen) atoms. The summed E-state index contributed by atoms with van der Waals surface area (Å²) in [4.78, 5) is 9.56. The van der Waals surface area contributed by atoms with E-state index >= 15 is 0 Å². The Morgan fingerprint density at radius 1 is 1.18 bits per heavy atom. The van der Waals surface area contributed by atoms with Gasteiger partial charge in [-0.05, 0) is 57.2 Å². The summed E-state index contributed by atoms with van der Waals surface area (Å²) >= 11 is 0. The first-order valence-corrected chi connectivity index (χ1v) is 9.46. The number of hydrogen-bond acceptors (Lipinski definition) is 2. The molecule has 2 aliphatic heterocycles. The Kier molecular flexibility index (Phi) is 7.50. The molecule has 0 aliphatic carbocycles. The van der Waals surface area contributed by atoms with E-state index in [-0.39, 0.29) is 0 Å². The fraction of sp³-hybridized carbons (Fsp3) is 0.944. The van der Waals surface area contributed by atoms with Crippen LogP contribution in [0.4, 0.5) is 0 Å². The van der Waals surface area contributed by atoms with Crippen LogP contribution in [0.1, 0.15) is 52.4 Å². The molecule has 2 fully saturated rings. The van der Waals surface area contributed by atoms with E-state index in [0.717, 1.165) is 24.3 Å². The summed E-state index contributed by atoms with van der Waals surface area (Å²) in [6, 6.07) is 0. The lowest BCUT2D eigenvalue weighted by molar-refractivity contribution is 0.317. The number of rotatable bonds is 7. The van der Waals surface area contributed by atoms with Gasteiger partial charge < -0.3 is 15.1 Å². The minimum atomic E-state index is 0.859. The summed E-state index contributed by atoms with van der Waals surface area (Å²) in [5.41, 5.74) is 0. The van der Waals surface area contributed by atoms with E-state index in [1.807, 2.05) is 7.05 Å². The molecule has 0 spiro atoms. The van der Waals surface area contributed by atoms with Crippen molar-refractivity contribution >= 4 is 5.96 Å². The Balaban J connectivity index is 1.68. The maximum absolute atomic E-state index is 4.50. The van der Waals surface area contributed by atoms with Gasteiger partial charge in [-0.15, -0.1) is 0 Å². The molecular formula is C18H36N4. The SMILES string of the molecule is CCC(CC)C1CCN(C(=NC)NCCCN2CCCC2)C1. The second-order valence-corrected chi connectivity index (χ2v) is 6.95. The Labute approximate surface area is 137 Å². The minimum absolute atomic E-state index is 0.859. The van der Waals surface area contributed by atoms with Crippen LogP contribution in [0, 0.1) is 11.8 Å². The lowest BCUT2D eigenvalue weighted by Crippen LogP contribution is -2.41. The van der Waals surface area contributed by atoms with Gasteiger partial charge in [-0.1, -0.05) is 26.7 Å². The second kappa shape index (κ2) is 9.39. The molecule has 2 saturated heterocycles. The van der Waals surface area contributed by atoms with Crippen LogP contribution < -0.4 is 5.32 Å². The van der Waals surface area contributed by atoms with E-state index < -0.39 is 0 Å². The zero-order valence-corrected chi connectivity index (χ0v) is 15.0. The smallest absolute Gasteiger partial charge is 0.193 e. The molecule has 0 aromatic carbocycles. The molecule has 0 amide bonds. The predicted molar refractivity (Wildman–Crippen MR) is 95.4 cm³/mol. The van der Waals surface area contributed by atoms with Gasteiger partial charge in [-0.2, -0.15) is 0 Å². The van der Waals surface area contributed by atoms with Gasteiger partial charge in [0.15, 0.2) is 5.96 Å². The van der Waals surface area contributed by atoms with Crippen molar-refractivity contribution in [2.45, 2.75) is 52.4 Å². The van der Waals surface area contributed by atoms with Gasteiger partial charge in [0, 0.05) is 26.7 Å². The molecule has 0 aromatic rings. The van der Waals surface area contributed by atoms with Crippen molar-refractivity contribution in [2.24, 2.45) is 16.8 Å². The number of nitrogens with one attached hydrogen (secondary N) is 1. The summed E-state index contributed by atoms with van der Waals surface area (Å²) in [6.07, 6.45) is 7.97. The first-order chi connectivity index (χ1) is 10.8. The van der Waals surface area contributed by atoms with Crippen molar-refractivity contribution in [2.75, 3.05) is 46.3 Å². The number of likely N-dealkylation sites (tertiary alicyclic amines) is 2. The van der Waals surface area contributed by atoms with Crippen LogP contribution in [0.15, 0.2) is 4.99 Å². The maximum Gasteiger partial charge on any atom is 0.193 e. The molecule has 1 atom stereocenters. The molecule has 128 valence electrons. The summed E-state index contributed by atoms with van der Waals surface area (Å²) in [5.74, 6) is 2.87. The molecule has 2 heterocycles. The molecule has 4 nitrogen and oxygen atoms in total. The molecule has 0 radical (unpaired) electrons. The standard InChI is InChI=1S/C18H36N4/c1-4-16(5-2)17-9-14-22(15-17)18(19-3)20-10-8-13-21-11-6-7-12-21/h16-17H,4-15H2,1-3H3,(H,19,20). The van der Waals surface area contributed by atoms with E-state index in [1.54, 1.807) is 0 Å². The molecule has 0 aromatic heterocycles. The molecule has 2 aliphatic rings. The summed E-state index contributed by atoms with van der Waals surface area (Å²) in [5, 5.41) is 3.58. The van der Waals surface area contributed by atoms with Crippen LogP contribution in [0.25, 0.3) is 0 Å². The molecule has 1 N–H and O–H groups in total. The summed E-state index contributed by atoms with van der Waals surface area (Å²) in [6.45, 7) is 11.9. The fourth-order valence-electron chi connectivity index (χ4n) is 4.16. The first kappa shape index (κ1) is 17.6. The second-order valence-electron chi connectivity index (χ2n) is 6.95. The normalized spacial score (nSPS) is 23.7. The molecule has 0 bridgehead atoms. The lowest BCUT2D eigenvalue weighted by atomic mass is 9.87. The van der Waals surface area contributed by atoms with E-state index in [4.69, 9.17) is 0 Å². The van der Waals surface area contributed by atoms with Crippen molar-refractivity contribution in [3.63, 3.8) is 0 Å². The molecular weight excluding hydrogens is 272 g/mol. The number of hydrogen-bond donors (Lipinski definition) is 1. The fourth-order valence-corrected chi connectivity index (χ4v) is 4.16. The average molecular weight is 309 g/mol. The summed E-state index contributed by atoms with van der Waals surface area (Å²) in [7, 11) is 1.92. The van der Waals surface area contributed by atoms with Gasteiger partial charge in [0.2, 0.25) is 0 Å². The zero-order valence-electron chi connectivity index (χ0n) is 15.0. The molecule has 2 rings (SSSR count). The quantitative estimate of drug-likeness (QED) is 0.446. The largest absolute Gasteiger partial charge is 0.356 e. The van der Waals surface area contributed by atoms with Crippen LogP contribution in [0.2, 0.25) is 0 Å². The van der Waals surface area contributed by atoms with Crippen molar-refractivity contribution in [3.05, 3.63) is 0 Å².